The van der Waals surface area contributed by atoms with Gasteiger partial charge in [-0.3, -0.25) is 4.72 Å². The number of benzene rings is 1. The molecule has 0 heterocycles. The predicted octanol–water partition coefficient (Wildman–Crippen LogP) is 0.392. The number of aryl methyl sites for hydroxylation is 1. The van der Waals surface area contributed by atoms with Crippen molar-refractivity contribution in [3.63, 3.8) is 0 Å². The van der Waals surface area contributed by atoms with Crippen LogP contribution in [0.3, 0.4) is 0 Å². The number of hydrogen-bond acceptors (Lipinski definition) is 3. The Morgan fingerprint density at radius 1 is 1.46 bits per heavy atom. The van der Waals surface area contributed by atoms with E-state index in [9.17, 15) is 8.42 Å². The van der Waals surface area contributed by atoms with Crippen LogP contribution in [0.25, 0.3) is 0 Å². The van der Waals surface area contributed by atoms with Crippen LogP contribution < -0.4 is 10.5 Å². The van der Waals surface area contributed by atoms with Crippen molar-refractivity contribution in [3.05, 3.63) is 29.3 Å². The molecule has 4 nitrogen and oxygen atoms in total. The number of hydrogen-bond donors (Lipinski definition) is 3. The van der Waals surface area contributed by atoms with Gasteiger partial charge in [-0.2, -0.15) is 0 Å². The maximum Gasteiger partial charge on any atom is 0.222 e. The first-order chi connectivity index (χ1) is 6.13. The molecule has 5 heteroatoms. The zero-order chi connectivity index (χ0) is 9.84. The zero-order valence-corrected chi connectivity index (χ0v) is 8.17. The number of anilines is 1. The summed E-state index contributed by atoms with van der Waals surface area (Å²) in [5.41, 5.74) is 7.90. The first-order valence-electron chi connectivity index (χ1n) is 3.84. The van der Waals surface area contributed by atoms with E-state index >= 15 is 0 Å². The third-order valence-corrected chi connectivity index (χ3v) is 2.16. The van der Waals surface area contributed by atoms with Crippen LogP contribution in [0.4, 0.5) is 5.69 Å². The minimum Gasteiger partial charge on any atom is -0.326 e. The number of nitrogens with one attached hydrogen (secondary N) is 1. The summed E-state index contributed by atoms with van der Waals surface area (Å²) in [6, 6.07) is 5.37. The summed E-state index contributed by atoms with van der Waals surface area (Å²) in [6.07, 6.45) is 0. The average Bonchev–Trinajstić information content (AvgIpc) is 2.08. The Labute approximate surface area is 78.8 Å². The van der Waals surface area contributed by atoms with Gasteiger partial charge in [-0.25, -0.2) is 8.42 Å². The Morgan fingerprint density at radius 2 is 2.15 bits per heavy atom. The van der Waals surface area contributed by atoms with E-state index in [4.69, 9.17) is 5.73 Å². The molecule has 1 aromatic rings. The highest BCUT2D eigenvalue weighted by Crippen LogP contribution is 2.15. The molecule has 0 radical (unpaired) electrons. The fourth-order valence-corrected chi connectivity index (χ4v) is 1.52. The van der Waals surface area contributed by atoms with Gasteiger partial charge >= 0.3 is 0 Å². The zero-order valence-electron chi connectivity index (χ0n) is 7.28. The van der Waals surface area contributed by atoms with Crippen molar-refractivity contribution in [1.82, 2.24) is 0 Å². The van der Waals surface area contributed by atoms with Gasteiger partial charge in [-0.15, -0.1) is 0 Å². The number of nitrogens with two attached hydrogens (primary N) is 1. The topological polar surface area (TPSA) is 72.2 Å². The lowest BCUT2D eigenvalue weighted by molar-refractivity contribution is 0.619. The molecule has 1 aromatic carbocycles. The lowest BCUT2D eigenvalue weighted by Crippen LogP contribution is -2.00. The van der Waals surface area contributed by atoms with Gasteiger partial charge in [-0.1, -0.05) is 12.1 Å². The quantitative estimate of drug-likeness (QED) is 0.618. The highest BCUT2D eigenvalue weighted by Gasteiger charge is 1.98. The van der Waals surface area contributed by atoms with Crippen LogP contribution in [0.15, 0.2) is 18.2 Å². The molecule has 0 bridgehead atoms. The fourth-order valence-electron chi connectivity index (χ4n) is 1.08. The second kappa shape index (κ2) is 4.25. The molecule has 0 aliphatic carbocycles. The standard InChI is InChI=1S/C8H12N2O2S/c1-6-4-7(5-9)2-3-8(6)10-13(11)12/h2-4,13H,5,9H2,1H3,(H,10,11,12). The van der Waals surface area contributed by atoms with Crippen molar-refractivity contribution in [2.24, 2.45) is 5.73 Å². The van der Waals surface area contributed by atoms with Gasteiger partial charge in [0.15, 0.2) is 0 Å². The smallest absolute Gasteiger partial charge is 0.222 e. The molecule has 3 N–H and O–H groups in total. The van der Waals surface area contributed by atoms with Crippen LogP contribution in [0.2, 0.25) is 0 Å². The van der Waals surface area contributed by atoms with E-state index in [1.807, 2.05) is 13.0 Å². The van der Waals surface area contributed by atoms with Crippen LogP contribution >= 0.6 is 0 Å². The molecule has 0 aromatic heterocycles. The van der Waals surface area contributed by atoms with Gasteiger partial charge in [0, 0.05) is 6.54 Å². The van der Waals surface area contributed by atoms with Crippen LogP contribution in [0, 0.1) is 6.92 Å². The molecule has 0 amide bonds. The van der Waals surface area contributed by atoms with Gasteiger partial charge in [0.25, 0.3) is 0 Å². The molecule has 0 unspecified atom stereocenters. The third-order valence-electron chi connectivity index (χ3n) is 1.74. The van der Waals surface area contributed by atoms with Gasteiger partial charge < -0.3 is 5.73 Å². The molecule has 0 spiro atoms. The minimum absolute atomic E-state index is 0.463. The monoisotopic (exact) mass is 200 g/mol. The van der Waals surface area contributed by atoms with Crippen LogP contribution in [-0.4, -0.2) is 8.42 Å². The maximum absolute atomic E-state index is 10.4. The Bertz CT molecular complexity index is 366. The van der Waals surface area contributed by atoms with E-state index in [0.29, 0.717) is 12.2 Å². The fraction of sp³-hybridized carbons (Fsp3) is 0.250. The molecule has 0 aliphatic rings. The third kappa shape index (κ3) is 2.71. The Hall–Kier alpha value is -1.07. The van der Waals surface area contributed by atoms with Crippen LogP contribution in [-0.2, 0) is 17.4 Å². The summed E-state index contributed by atoms with van der Waals surface area (Å²) < 4.78 is 23.1. The summed E-state index contributed by atoms with van der Waals surface area (Å²) in [4.78, 5) is 0. The molecule has 0 fully saturated rings. The van der Waals surface area contributed by atoms with E-state index in [1.54, 1.807) is 12.1 Å². The maximum atomic E-state index is 10.4. The predicted molar refractivity (Wildman–Crippen MR) is 53.0 cm³/mol. The summed E-state index contributed by atoms with van der Waals surface area (Å²) in [7, 11) is -2.59. The summed E-state index contributed by atoms with van der Waals surface area (Å²) >= 11 is 0. The van der Waals surface area contributed by atoms with Crippen molar-refractivity contribution in [2.75, 3.05) is 4.72 Å². The van der Waals surface area contributed by atoms with Crippen molar-refractivity contribution in [2.45, 2.75) is 13.5 Å². The highest BCUT2D eigenvalue weighted by molar-refractivity contribution is 7.73. The molecule has 72 valence electrons. The van der Waals surface area contributed by atoms with E-state index in [-0.39, 0.29) is 0 Å². The SMILES string of the molecule is Cc1cc(CN)ccc1N[SH](=O)=O. The molecule has 0 atom stereocenters. The Kier molecular flexibility index (Phi) is 3.27. The van der Waals surface area contributed by atoms with E-state index in [1.165, 1.54) is 0 Å². The van der Waals surface area contributed by atoms with E-state index in [2.05, 4.69) is 4.72 Å². The Balaban J connectivity index is 2.98. The molecule has 0 saturated heterocycles. The van der Waals surface area contributed by atoms with Crippen molar-refractivity contribution in [3.8, 4) is 0 Å². The van der Waals surface area contributed by atoms with Gasteiger partial charge in [0.1, 0.15) is 0 Å². The molecule has 0 aliphatic heterocycles. The lowest BCUT2D eigenvalue weighted by atomic mass is 10.1. The second-order valence-corrected chi connectivity index (χ2v) is 3.46. The molecule has 13 heavy (non-hydrogen) atoms. The second-order valence-electron chi connectivity index (χ2n) is 2.72. The lowest BCUT2D eigenvalue weighted by Gasteiger charge is -2.05. The molecule has 1 rings (SSSR count). The molecular weight excluding hydrogens is 188 g/mol. The summed E-state index contributed by atoms with van der Waals surface area (Å²) in [6.45, 7) is 2.30. The number of rotatable bonds is 3. The van der Waals surface area contributed by atoms with Crippen LogP contribution in [0.1, 0.15) is 11.1 Å². The summed E-state index contributed by atoms with van der Waals surface area (Å²) in [5, 5.41) is 0. The van der Waals surface area contributed by atoms with Gasteiger partial charge in [-0.05, 0) is 24.1 Å². The normalized spacial score (nSPS) is 10.4. The average molecular weight is 200 g/mol. The van der Waals surface area contributed by atoms with E-state index < -0.39 is 10.9 Å². The Morgan fingerprint density at radius 3 is 2.62 bits per heavy atom. The van der Waals surface area contributed by atoms with Gasteiger partial charge in [0.2, 0.25) is 10.9 Å². The molecule has 0 saturated carbocycles. The highest BCUT2D eigenvalue weighted by atomic mass is 32.2. The van der Waals surface area contributed by atoms with Crippen LogP contribution in [0.5, 0.6) is 0 Å². The van der Waals surface area contributed by atoms with Gasteiger partial charge in [0.05, 0.1) is 5.69 Å². The molecular formula is C8H12N2O2S. The van der Waals surface area contributed by atoms with Crippen molar-refractivity contribution in [1.29, 1.82) is 0 Å². The first kappa shape index (κ1) is 10.0. The first-order valence-corrected chi connectivity index (χ1v) is 5.02. The van der Waals surface area contributed by atoms with E-state index in [0.717, 1.165) is 11.1 Å². The number of thiol groups is 1. The van der Waals surface area contributed by atoms with Crippen molar-refractivity contribution >= 4 is 16.6 Å². The minimum atomic E-state index is -2.59. The van der Waals surface area contributed by atoms with Crippen molar-refractivity contribution < 1.29 is 8.42 Å². The summed E-state index contributed by atoms with van der Waals surface area (Å²) in [5.74, 6) is 0. The largest absolute Gasteiger partial charge is 0.326 e.